The molecular weight excluding hydrogens is 611 g/mol. The van der Waals surface area contributed by atoms with Crippen LogP contribution in [-0.2, 0) is 6.18 Å². The summed E-state index contributed by atoms with van der Waals surface area (Å²) in [5.41, 5.74) is 2.09. The van der Waals surface area contributed by atoms with Crippen molar-refractivity contribution in [2.75, 3.05) is 37.4 Å². The fraction of sp³-hybridized carbons (Fsp3) is 0.552. The van der Waals surface area contributed by atoms with Crippen molar-refractivity contribution >= 4 is 34.0 Å². The summed E-state index contributed by atoms with van der Waals surface area (Å²) < 4.78 is 86.0. The third-order valence-electron chi connectivity index (χ3n) is 9.40. The van der Waals surface area contributed by atoms with Gasteiger partial charge < -0.3 is 25.2 Å². The van der Waals surface area contributed by atoms with E-state index in [1.807, 2.05) is 4.90 Å². The molecule has 3 aromatic rings. The van der Waals surface area contributed by atoms with E-state index >= 15 is 4.39 Å². The Hall–Kier alpha value is -3.23. The first-order chi connectivity index (χ1) is 20.9. The zero-order valence-electron chi connectivity index (χ0n) is 23.7. The first-order valence-electron chi connectivity index (χ1n) is 14.5. The Morgan fingerprint density at radius 3 is 2.77 bits per heavy atom. The highest BCUT2D eigenvalue weighted by atomic mass is 35.5. The molecule has 44 heavy (non-hydrogen) atoms. The summed E-state index contributed by atoms with van der Waals surface area (Å²) in [6.07, 6.45) is -3.96. The fourth-order valence-electron chi connectivity index (χ4n) is 7.48. The van der Waals surface area contributed by atoms with E-state index < -0.39 is 63.8 Å². The van der Waals surface area contributed by atoms with Crippen LogP contribution < -0.4 is 20.1 Å². The van der Waals surface area contributed by atoms with Gasteiger partial charge in [-0.15, -0.1) is 0 Å². The number of anilines is 2. The minimum Gasteiger partial charge on any atom is -0.471 e. The maximum Gasteiger partial charge on any atom is 0.418 e. The molecule has 9 nitrogen and oxygen atoms in total. The van der Waals surface area contributed by atoms with Crippen LogP contribution in [0.4, 0.5) is 33.5 Å². The van der Waals surface area contributed by atoms with Gasteiger partial charge in [-0.1, -0.05) is 11.6 Å². The Kier molecular flexibility index (Phi) is 6.98. The molecule has 1 aliphatic carbocycles. The molecule has 5 heterocycles. The van der Waals surface area contributed by atoms with Crippen molar-refractivity contribution in [3.63, 3.8) is 0 Å². The van der Waals surface area contributed by atoms with E-state index in [1.165, 1.54) is 0 Å². The molecule has 3 unspecified atom stereocenters. The lowest BCUT2D eigenvalue weighted by Gasteiger charge is -2.39. The third-order valence-corrected chi connectivity index (χ3v) is 9.70. The first-order valence-corrected chi connectivity index (χ1v) is 14.9. The molecule has 3 aliphatic heterocycles. The van der Waals surface area contributed by atoms with Gasteiger partial charge in [0.2, 0.25) is 5.88 Å². The monoisotopic (exact) mass is 640 g/mol. The minimum absolute atomic E-state index is 0.0246. The van der Waals surface area contributed by atoms with Gasteiger partial charge in [-0.25, -0.2) is 13.8 Å². The number of nitrogens with two attached hydrogens (primary N) is 1. The minimum atomic E-state index is -4.97. The number of fused-ring (bicyclic) bond motifs is 2. The maximum atomic E-state index is 16.6. The molecule has 0 amide bonds. The number of pyridine rings is 1. The van der Waals surface area contributed by atoms with E-state index in [0.717, 1.165) is 25.1 Å². The van der Waals surface area contributed by atoms with Gasteiger partial charge in [0.25, 0.3) is 0 Å². The number of benzene rings is 1. The summed E-state index contributed by atoms with van der Waals surface area (Å²) in [6.45, 7) is 1.07. The van der Waals surface area contributed by atoms with Crippen LogP contribution in [0.1, 0.15) is 44.1 Å². The number of nitrogens with zero attached hydrogens (tertiary/aromatic N) is 5. The van der Waals surface area contributed by atoms with Gasteiger partial charge in [0.1, 0.15) is 41.3 Å². The molecule has 2 saturated heterocycles. The standard InChI is InChI=1S/C29H30ClF5N6O3/c1-40-24-17(42)4-2-5-18(24)44-26-19-23(21(32)22(37-26)15-8-14(36)9-16(30)20(15)29(33,34)35)38-27(39-25(19)40)43-12-28-6-3-7-41(28)11-13(31)10-28/h8-9,13,17-18,24,42H,2-7,10-12,36H2,1H3/t13-,17?,18?,24?,28+/m1/s1. The van der Waals surface area contributed by atoms with Crippen LogP contribution >= 0.6 is 11.6 Å². The van der Waals surface area contributed by atoms with Gasteiger partial charge in [0.15, 0.2) is 5.82 Å². The van der Waals surface area contributed by atoms with Gasteiger partial charge in [-0.3, -0.25) is 4.90 Å². The highest BCUT2D eigenvalue weighted by Crippen LogP contribution is 2.47. The van der Waals surface area contributed by atoms with Crippen LogP contribution in [0.15, 0.2) is 12.1 Å². The average molecular weight is 641 g/mol. The molecule has 15 heteroatoms. The molecule has 7 rings (SSSR count). The lowest BCUT2D eigenvalue weighted by atomic mass is 9.89. The van der Waals surface area contributed by atoms with E-state index in [0.29, 0.717) is 32.2 Å². The summed E-state index contributed by atoms with van der Waals surface area (Å²) in [5.74, 6) is -1.23. The van der Waals surface area contributed by atoms with E-state index in [4.69, 9.17) is 26.8 Å². The molecule has 1 saturated carbocycles. The van der Waals surface area contributed by atoms with E-state index in [-0.39, 0.29) is 47.3 Å². The van der Waals surface area contributed by atoms with Crippen molar-refractivity contribution in [1.82, 2.24) is 19.9 Å². The Bertz CT molecular complexity index is 1650. The lowest BCUT2D eigenvalue weighted by molar-refractivity contribution is -0.137. The maximum absolute atomic E-state index is 16.6. The van der Waals surface area contributed by atoms with E-state index in [9.17, 15) is 22.7 Å². The molecule has 236 valence electrons. The highest BCUT2D eigenvalue weighted by molar-refractivity contribution is 6.32. The van der Waals surface area contributed by atoms with Crippen molar-refractivity contribution in [3.05, 3.63) is 28.5 Å². The first kappa shape index (κ1) is 29.5. The molecule has 0 bridgehead atoms. The molecule has 5 atom stereocenters. The molecule has 3 fully saturated rings. The number of aliphatic hydroxyl groups excluding tert-OH is 1. The summed E-state index contributed by atoms with van der Waals surface area (Å²) in [4.78, 5) is 16.9. The number of ether oxygens (including phenoxy) is 2. The van der Waals surface area contributed by atoms with Gasteiger partial charge in [0, 0.05) is 31.3 Å². The van der Waals surface area contributed by atoms with Crippen LogP contribution in [0.5, 0.6) is 11.9 Å². The third kappa shape index (κ3) is 4.67. The number of aromatic nitrogens is 3. The Labute approximate surface area is 254 Å². The van der Waals surface area contributed by atoms with Crippen LogP contribution in [-0.4, -0.2) is 81.7 Å². The molecule has 0 spiro atoms. The summed E-state index contributed by atoms with van der Waals surface area (Å²) in [6, 6.07) is 1.03. The smallest absolute Gasteiger partial charge is 0.418 e. The Balaban J connectivity index is 1.42. The number of hydrogen-bond donors (Lipinski definition) is 2. The molecule has 1 aromatic carbocycles. The number of aliphatic hydroxyl groups is 1. The summed E-state index contributed by atoms with van der Waals surface area (Å²) in [7, 11) is 1.67. The van der Waals surface area contributed by atoms with Crippen molar-refractivity contribution in [2.45, 2.75) is 74.7 Å². The molecular formula is C29H30ClF5N6O3. The number of alkyl halides is 4. The van der Waals surface area contributed by atoms with E-state index in [1.54, 1.807) is 11.9 Å². The zero-order chi connectivity index (χ0) is 31.1. The zero-order valence-corrected chi connectivity index (χ0v) is 24.4. The van der Waals surface area contributed by atoms with Crippen LogP contribution in [0, 0.1) is 5.82 Å². The van der Waals surface area contributed by atoms with Crippen molar-refractivity contribution in [1.29, 1.82) is 0 Å². The second-order valence-electron chi connectivity index (χ2n) is 12.2. The molecule has 0 radical (unpaired) electrons. The molecule has 3 N–H and O–H groups in total. The predicted octanol–water partition coefficient (Wildman–Crippen LogP) is 5.15. The SMILES string of the molecule is CN1c2nc(OC[C@@]34CCCN3C[C@H](F)C4)nc3c(F)c(-c4cc(N)cc(Cl)c4C(F)(F)F)nc(c23)OC2CCCC(O)C21. The van der Waals surface area contributed by atoms with E-state index in [2.05, 4.69) is 15.0 Å². The quantitative estimate of drug-likeness (QED) is 0.296. The second kappa shape index (κ2) is 10.4. The molecule has 4 aliphatic rings. The van der Waals surface area contributed by atoms with Crippen LogP contribution in [0.2, 0.25) is 5.02 Å². The number of rotatable bonds is 4. The summed E-state index contributed by atoms with van der Waals surface area (Å²) in [5, 5.41) is 10.3. The topological polar surface area (TPSA) is 110 Å². The van der Waals surface area contributed by atoms with Gasteiger partial charge in [-0.05, 0) is 50.8 Å². The number of likely N-dealkylation sites (N-methyl/N-ethyl adjacent to an activating group) is 1. The number of hydrogen-bond acceptors (Lipinski definition) is 9. The van der Waals surface area contributed by atoms with Crippen molar-refractivity contribution in [3.8, 4) is 23.1 Å². The Morgan fingerprint density at radius 2 is 2.00 bits per heavy atom. The van der Waals surface area contributed by atoms with Gasteiger partial charge in [0.05, 0.1) is 28.3 Å². The van der Waals surface area contributed by atoms with Crippen LogP contribution in [0.3, 0.4) is 0 Å². The Morgan fingerprint density at radius 1 is 1.20 bits per heavy atom. The second-order valence-corrected chi connectivity index (χ2v) is 12.6. The average Bonchev–Trinajstić information content (AvgIpc) is 3.43. The largest absolute Gasteiger partial charge is 0.471 e. The lowest BCUT2D eigenvalue weighted by Crippen LogP contribution is -2.53. The van der Waals surface area contributed by atoms with Crippen molar-refractivity contribution in [2.24, 2.45) is 0 Å². The fourth-order valence-corrected chi connectivity index (χ4v) is 7.81. The van der Waals surface area contributed by atoms with Crippen LogP contribution in [0.25, 0.3) is 22.2 Å². The predicted molar refractivity (Wildman–Crippen MR) is 152 cm³/mol. The normalized spacial score (nSPS) is 28.5. The van der Waals surface area contributed by atoms with Gasteiger partial charge >= 0.3 is 12.2 Å². The number of halogens is 6. The molecule has 2 aromatic heterocycles. The van der Waals surface area contributed by atoms with Gasteiger partial charge in [-0.2, -0.15) is 23.1 Å². The van der Waals surface area contributed by atoms with Crippen molar-refractivity contribution < 1.29 is 36.5 Å². The summed E-state index contributed by atoms with van der Waals surface area (Å²) >= 11 is 5.99. The number of nitrogen functional groups attached to an aromatic ring is 1. The highest BCUT2D eigenvalue weighted by Gasteiger charge is 2.50.